The van der Waals surface area contributed by atoms with Crippen molar-refractivity contribution in [2.24, 2.45) is 0 Å². The summed E-state index contributed by atoms with van der Waals surface area (Å²) in [6.45, 7) is 3.02. The maximum atomic E-state index is 5.41. The third-order valence-electron chi connectivity index (χ3n) is 2.02. The van der Waals surface area contributed by atoms with Gasteiger partial charge < -0.3 is 19.2 Å². The van der Waals surface area contributed by atoms with E-state index in [0.29, 0.717) is 24.9 Å². The number of ether oxygens (including phenoxy) is 2. The summed E-state index contributed by atoms with van der Waals surface area (Å²) < 4.78 is 15.9. The van der Waals surface area contributed by atoms with Gasteiger partial charge in [0.15, 0.2) is 0 Å². The highest BCUT2D eigenvalue weighted by Gasteiger charge is 2.36. The summed E-state index contributed by atoms with van der Waals surface area (Å²) in [5.74, 6) is -0.737. The number of hydrogen-bond acceptors (Lipinski definition) is 5. The van der Waals surface area contributed by atoms with Crippen LogP contribution in [-0.2, 0) is 15.3 Å². The van der Waals surface area contributed by atoms with E-state index in [-0.39, 0.29) is 0 Å². The molecule has 13 heavy (non-hydrogen) atoms. The first-order valence-electron chi connectivity index (χ1n) is 4.16. The number of hydrogen-bond donors (Lipinski definition) is 1. The minimum absolute atomic E-state index is 0.468. The fourth-order valence-corrected chi connectivity index (χ4v) is 1.26. The molecule has 0 radical (unpaired) electrons. The second-order valence-corrected chi connectivity index (χ2v) is 2.93. The minimum Gasteiger partial charge on any atom is -0.432 e. The molecular weight excluding hydrogens is 172 g/mol. The molecule has 0 unspecified atom stereocenters. The van der Waals surface area contributed by atoms with Gasteiger partial charge in [0.05, 0.1) is 13.2 Å². The van der Waals surface area contributed by atoms with E-state index in [4.69, 9.17) is 13.9 Å². The highest BCUT2D eigenvalue weighted by atomic mass is 16.7. The van der Waals surface area contributed by atoms with Crippen molar-refractivity contribution in [1.29, 1.82) is 0 Å². The van der Waals surface area contributed by atoms with Gasteiger partial charge in [-0.05, 0) is 6.92 Å². The normalized spacial score (nSPS) is 20.5. The summed E-state index contributed by atoms with van der Waals surface area (Å²) >= 11 is 0. The molecule has 1 aliphatic rings. The first-order valence-corrected chi connectivity index (χ1v) is 4.16. The van der Waals surface area contributed by atoms with Crippen LogP contribution in [0.2, 0.25) is 0 Å². The number of nitrogens with zero attached hydrogens (tertiary/aromatic N) is 1. The molecule has 1 aromatic heterocycles. The van der Waals surface area contributed by atoms with Crippen LogP contribution < -0.4 is 5.32 Å². The molecule has 1 saturated heterocycles. The molecule has 0 aromatic carbocycles. The Morgan fingerprint density at radius 3 is 2.69 bits per heavy atom. The van der Waals surface area contributed by atoms with E-state index in [9.17, 15) is 0 Å². The average Bonchev–Trinajstić information content (AvgIpc) is 2.72. The third kappa shape index (κ3) is 1.40. The minimum atomic E-state index is -0.737. The van der Waals surface area contributed by atoms with Gasteiger partial charge in [-0.1, -0.05) is 0 Å². The standard InChI is InChI=1S/C8H12N2O3/c1-8(12-3-4-13-8)6-5-11-7(9-2)10-6/h5H,3-4H2,1-2H3,(H,9,10). The Morgan fingerprint density at radius 1 is 1.46 bits per heavy atom. The van der Waals surface area contributed by atoms with Gasteiger partial charge in [0.25, 0.3) is 6.01 Å². The fourth-order valence-electron chi connectivity index (χ4n) is 1.26. The van der Waals surface area contributed by atoms with Gasteiger partial charge in [-0.2, -0.15) is 4.98 Å². The first kappa shape index (κ1) is 8.52. The summed E-state index contributed by atoms with van der Waals surface area (Å²) in [6.07, 6.45) is 1.54. The van der Waals surface area contributed by atoms with Crippen molar-refractivity contribution < 1.29 is 13.9 Å². The molecule has 1 aliphatic heterocycles. The molecule has 0 atom stereocenters. The quantitative estimate of drug-likeness (QED) is 0.741. The number of oxazole rings is 1. The van der Waals surface area contributed by atoms with E-state index in [0.717, 1.165) is 0 Å². The van der Waals surface area contributed by atoms with E-state index in [1.54, 1.807) is 7.05 Å². The first-order chi connectivity index (χ1) is 6.24. The molecule has 0 aliphatic carbocycles. The van der Waals surface area contributed by atoms with Crippen molar-refractivity contribution in [2.45, 2.75) is 12.7 Å². The van der Waals surface area contributed by atoms with Crippen LogP contribution >= 0.6 is 0 Å². The Kier molecular flexibility index (Phi) is 1.97. The predicted molar refractivity (Wildman–Crippen MR) is 45.3 cm³/mol. The van der Waals surface area contributed by atoms with Crippen molar-refractivity contribution >= 4 is 6.01 Å². The van der Waals surface area contributed by atoms with Crippen molar-refractivity contribution in [1.82, 2.24) is 4.98 Å². The third-order valence-corrected chi connectivity index (χ3v) is 2.02. The van der Waals surface area contributed by atoms with Gasteiger partial charge in [-0.3, -0.25) is 0 Å². The zero-order valence-corrected chi connectivity index (χ0v) is 7.66. The zero-order valence-electron chi connectivity index (χ0n) is 7.66. The van der Waals surface area contributed by atoms with Crippen LogP contribution in [0.3, 0.4) is 0 Å². The summed E-state index contributed by atoms with van der Waals surface area (Å²) in [4.78, 5) is 4.15. The molecule has 0 bridgehead atoms. The summed E-state index contributed by atoms with van der Waals surface area (Å²) in [6, 6.07) is 0.468. The summed E-state index contributed by atoms with van der Waals surface area (Å²) in [5.41, 5.74) is 0.661. The van der Waals surface area contributed by atoms with Crippen molar-refractivity contribution in [2.75, 3.05) is 25.6 Å². The maximum Gasteiger partial charge on any atom is 0.294 e. The monoisotopic (exact) mass is 184 g/mol. The molecule has 2 rings (SSSR count). The van der Waals surface area contributed by atoms with Crippen LogP contribution in [-0.4, -0.2) is 25.2 Å². The Morgan fingerprint density at radius 2 is 2.15 bits per heavy atom. The van der Waals surface area contributed by atoms with Gasteiger partial charge in [0.1, 0.15) is 12.0 Å². The van der Waals surface area contributed by atoms with E-state index in [2.05, 4.69) is 10.3 Å². The summed E-state index contributed by atoms with van der Waals surface area (Å²) in [5, 5.41) is 2.80. The van der Waals surface area contributed by atoms with Crippen molar-refractivity contribution in [3.8, 4) is 0 Å². The molecule has 0 saturated carbocycles. The number of aromatic nitrogens is 1. The topological polar surface area (TPSA) is 56.5 Å². The van der Waals surface area contributed by atoms with E-state index in [1.165, 1.54) is 6.26 Å². The lowest BCUT2D eigenvalue weighted by Crippen LogP contribution is -2.22. The van der Waals surface area contributed by atoms with Gasteiger partial charge >= 0.3 is 0 Å². The van der Waals surface area contributed by atoms with Crippen LogP contribution in [0.5, 0.6) is 0 Å². The van der Waals surface area contributed by atoms with Gasteiger partial charge in [-0.15, -0.1) is 0 Å². The largest absolute Gasteiger partial charge is 0.432 e. The van der Waals surface area contributed by atoms with Crippen molar-refractivity contribution in [3.63, 3.8) is 0 Å². The average molecular weight is 184 g/mol. The Balaban J connectivity index is 2.23. The van der Waals surface area contributed by atoms with Crippen molar-refractivity contribution in [3.05, 3.63) is 12.0 Å². The van der Waals surface area contributed by atoms with Gasteiger partial charge in [0, 0.05) is 7.05 Å². The predicted octanol–water partition coefficient (Wildman–Crippen LogP) is 0.936. The molecule has 1 N–H and O–H groups in total. The van der Waals surface area contributed by atoms with Crippen LogP contribution in [0.25, 0.3) is 0 Å². The second kappa shape index (κ2) is 3.01. The Hall–Kier alpha value is -1.07. The highest BCUT2D eigenvalue weighted by Crippen LogP contribution is 2.30. The van der Waals surface area contributed by atoms with Gasteiger partial charge in [-0.25, -0.2) is 0 Å². The molecule has 5 heteroatoms. The van der Waals surface area contributed by atoms with E-state index < -0.39 is 5.79 Å². The highest BCUT2D eigenvalue weighted by molar-refractivity contribution is 5.21. The lowest BCUT2D eigenvalue weighted by molar-refractivity contribution is -0.152. The van der Waals surface area contributed by atoms with E-state index in [1.807, 2.05) is 6.92 Å². The fraction of sp³-hybridized carbons (Fsp3) is 0.625. The SMILES string of the molecule is CNc1nc(C2(C)OCCO2)co1. The van der Waals surface area contributed by atoms with Crippen LogP contribution in [0.1, 0.15) is 12.6 Å². The second-order valence-electron chi connectivity index (χ2n) is 2.93. The van der Waals surface area contributed by atoms with Gasteiger partial charge in [0.2, 0.25) is 5.79 Å². The molecule has 1 fully saturated rings. The van der Waals surface area contributed by atoms with Crippen LogP contribution in [0, 0.1) is 0 Å². The Labute approximate surface area is 76.0 Å². The smallest absolute Gasteiger partial charge is 0.294 e. The molecule has 2 heterocycles. The molecular formula is C8H12N2O3. The number of nitrogens with one attached hydrogen (secondary N) is 1. The Bertz CT molecular complexity index is 291. The molecule has 0 spiro atoms. The van der Waals surface area contributed by atoms with E-state index >= 15 is 0 Å². The zero-order chi connectivity index (χ0) is 9.31. The molecule has 1 aromatic rings. The van der Waals surface area contributed by atoms with Crippen LogP contribution in [0.4, 0.5) is 6.01 Å². The molecule has 0 amide bonds. The number of anilines is 1. The number of rotatable bonds is 2. The summed E-state index contributed by atoms with van der Waals surface area (Å²) in [7, 11) is 1.74. The molecule has 5 nitrogen and oxygen atoms in total. The lowest BCUT2D eigenvalue weighted by Gasteiger charge is -2.18. The molecule has 72 valence electrons. The maximum absolute atomic E-state index is 5.41. The van der Waals surface area contributed by atoms with Crippen LogP contribution in [0.15, 0.2) is 10.7 Å². The lowest BCUT2D eigenvalue weighted by atomic mass is 10.2.